The van der Waals surface area contributed by atoms with Gasteiger partial charge in [-0.2, -0.15) is 5.26 Å². The second-order valence-electron chi connectivity index (χ2n) is 5.04. The molecule has 0 bridgehead atoms. The van der Waals surface area contributed by atoms with Gasteiger partial charge >= 0.3 is 5.97 Å². The van der Waals surface area contributed by atoms with Gasteiger partial charge in [0.1, 0.15) is 23.0 Å². The van der Waals surface area contributed by atoms with Crippen LogP contribution in [0.25, 0.3) is 0 Å². The van der Waals surface area contributed by atoms with E-state index in [1.165, 1.54) is 14.0 Å². The predicted octanol–water partition coefficient (Wildman–Crippen LogP) is 2.23. The Kier molecular flexibility index (Phi) is 4.00. The Morgan fingerprint density at radius 3 is 2.37 bits per heavy atom. The van der Waals surface area contributed by atoms with E-state index in [2.05, 4.69) is 10.1 Å². The molecule has 0 aliphatic rings. The Morgan fingerprint density at radius 2 is 1.95 bits per heavy atom. The Hall–Kier alpha value is -2.29. The molecule has 0 spiro atoms. The first-order valence-electron chi connectivity index (χ1n) is 5.65. The zero-order valence-electron chi connectivity index (χ0n) is 11.6. The Bertz CT molecular complexity index is 558. The van der Waals surface area contributed by atoms with Gasteiger partial charge in [0.2, 0.25) is 11.8 Å². The van der Waals surface area contributed by atoms with Crippen LogP contribution < -0.4 is 5.32 Å². The van der Waals surface area contributed by atoms with Gasteiger partial charge in [0.25, 0.3) is 0 Å². The van der Waals surface area contributed by atoms with Crippen molar-refractivity contribution in [2.75, 3.05) is 12.4 Å². The zero-order chi connectivity index (χ0) is 14.8. The third kappa shape index (κ3) is 2.94. The number of anilines is 1. The first-order chi connectivity index (χ1) is 8.72. The number of rotatable bonds is 2. The van der Waals surface area contributed by atoms with Gasteiger partial charge in [-0.05, 0) is 6.92 Å². The van der Waals surface area contributed by atoms with E-state index in [1.807, 2.05) is 6.07 Å². The third-order valence-electron chi connectivity index (χ3n) is 2.49. The van der Waals surface area contributed by atoms with Crippen LogP contribution in [0.15, 0.2) is 4.42 Å². The standard InChI is InChI=1S/C13H16N2O4/c1-7-9(11(16)18-5)8(6-14)10(19-7)15-12(17)13(2,3)4/h1-5H3,(H,15,17). The fourth-order valence-corrected chi connectivity index (χ4v) is 1.38. The summed E-state index contributed by atoms with van der Waals surface area (Å²) in [7, 11) is 1.21. The van der Waals surface area contributed by atoms with Gasteiger partial charge in [0.15, 0.2) is 0 Å². The molecular weight excluding hydrogens is 248 g/mol. The molecule has 19 heavy (non-hydrogen) atoms. The number of hydrogen-bond donors (Lipinski definition) is 1. The van der Waals surface area contributed by atoms with Crippen molar-refractivity contribution in [1.29, 1.82) is 5.26 Å². The lowest BCUT2D eigenvalue weighted by Crippen LogP contribution is -2.27. The Balaban J connectivity index is 3.22. The number of hydrogen-bond acceptors (Lipinski definition) is 5. The SMILES string of the molecule is COC(=O)c1c(C)oc(NC(=O)C(C)(C)C)c1C#N. The summed E-state index contributed by atoms with van der Waals surface area (Å²) >= 11 is 0. The molecule has 0 saturated heterocycles. The Labute approximate surface area is 111 Å². The minimum Gasteiger partial charge on any atom is -0.465 e. The third-order valence-corrected chi connectivity index (χ3v) is 2.49. The molecule has 0 aliphatic heterocycles. The van der Waals surface area contributed by atoms with E-state index in [-0.39, 0.29) is 28.7 Å². The van der Waals surface area contributed by atoms with E-state index >= 15 is 0 Å². The number of methoxy groups -OCH3 is 1. The fourth-order valence-electron chi connectivity index (χ4n) is 1.38. The van der Waals surface area contributed by atoms with Crippen molar-refractivity contribution in [1.82, 2.24) is 0 Å². The molecule has 0 fully saturated rings. The highest BCUT2D eigenvalue weighted by Gasteiger charge is 2.28. The minimum absolute atomic E-state index is 0.0260. The number of ether oxygens (including phenoxy) is 1. The predicted molar refractivity (Wildman–Crippen MR) is 67.6 cm³/mol. The van der Waals surface area contributed by atoms with Crippen molar-refractivity contribution >= 4 is 17.8 Å². The van der Waals surface area contributed by atoms with Gasteiger partial charge in [0, 0.05) is 5.41 Å². The summed E-state index contributed by atoms with van der Waals surface area (Å²) in [6.07, 6.45) is 0. The number of carbonyl (C=O) groups is 2. The quantitative estimate of drug-likeness (QED) is 0.827. The second-order valence-corrected chi connectivity index (χ2v) is 5.04. The highest BCUT2D eigenvalue weighted by Crippen LogP contribution is 2.28. The summed E-state index contributed by atoms with van der Waals surface area (Å²) in [5, 5.41) is 11.6. The molecule has 1 rings (SSSR count). The minimum atomic E-state index is -0.672. The summed E-state index contributed by atoms with van der Waals surface area (Å²) in [6, 6.07) is 1.85. The molecule has 0 aromatic carbocycles. The number of nitrogens with one attached hydrogen (secondary N) is 1. The van der Waals surface area contributed by atoms with E-state index in [4.69, 9.17) is 9.68 Å². The van der Waals surface area contributed by atoms with Crippen molar-refractivity contribution in [3.8, 4) is 6.07 Å². The number of amides is 1. The van der Waals surface area contributed by atoms with Crippen LogP contribution in [0, 0.1) is 23.7 Å². The molecule has 0 unspecified atom stereocenters. The fraction of sp³-hybridized carbons (Fsp3) is 0.462. The highest BCUT2D eigenvalue weighted by atomic mass is 16.5. The van der Waals surface area contributed by atoms with Crippen molar-refractivity contribution in [2.24, 2.45) is 5.41 Å². The van der Waals surface area contributed by atoms with Crippen molar-refractivity contribution in [3.63, 3.8) is 0 Å². The van der Waals surface area contributed by atoms with Crippen molar-refractivity contribution in [2.45, 2.75) is 27.7 Å². The number of carbonyl (C=O) groups excluding carboxylic acids is 2. The molecule has 1 aromatic heterocycles. The van der Waals surface area contributed by atoms with Gasteiger partial charge in [-0.15, -0.1) is 0 Å². The van der Waals surface area contributed by atoms with Crippen LogP contribution in [-0.2, 0) is 9.53 Å². The maximum Gasteiger partial charge on any atom is 0.342 e. The molecule has 6 nitrogen and oxygen atoms in total. The van der Waals surface area contributed by atoms with E-state index in [1.54, 1.807) is 20.8 Å². The van der Waals surface area contributed by atoms with Crippen molar-refractivity contribution < 1.29 is 18.7 Å². The number of nitriles is 1. The summed E-state index contributed by atoms with van der Waals surface area (Å²) in [4.78, 5) is 23.4. The second kappa shape index (κ2) is 5.14. The van der Waals surface area contributed by atoms with Crippen LogP contribution in [0.3, 0.4) is 0 Å². The van der Waals surface area contributed by atoms with Gasteiger partial charge in [0.05, 0.1) is 7.11 Å². The van der Waals surface area contributed by atoms with E-state index in [9.17, 15) is 9.59 Å². The van der Waals surface area contributed by atoms with Crippen molar-refractivity contribution in [3.05, 3.63) is 16.9 Å². The molecule has 1 aromatic rings. The maximum absolute atomic E-state index is 11.9. The topological polar surface area (TPSA) is 92.3 Å². The Morgan fingerprint density at radius 1 is 1.37 bits per heavy atom. The molecule has 1 amide bonds. The molecule has 6 heteroatoms. The summed E-state index contributed by atoms with van der Waals surface area (Å²) in [5.74, 6) is -0.781. The van der Waals surface area contributed by atoms with E-state index in [0.717, 1.165) is 0 Å². The monoisotopic (exact) mass is 264 g/mol. The highest BCUT2D eigenvalue weighted by molar-refractivity contribution is 5.99. The van der Waals surface area contributed by atoms with Crippen LogP contribution >= 0.6 is 0 Å². The van der Waals surface area contributed by atoms with Gasteiger partial charge in [-0.25, -0.2) is 4.79 Å². The maximum atomic E-state index is 11.9. The zero-order valence-corrected chi connectivity index (χ0v) is 11.6. The lowest BCUT2D eigenvalue weighted by Gasteiger charge is -2.16. The first kappa shape index (κ1) is 14.8. The average Bonchev–Trinajstić information content (AvgIpc) is 2.62. The lowest BCUT2D eigenvalue weighted by atomic mass is 9.96. The van der Waals surface area contributed by atoms with Gasteiger partial charge in [-0.1, -0.05) is 20.8 Å². The van der Waals surface area contributed by atoms with Gasteiger partial charge in [-0.3, -0.25) is 10.1 Å². The van der Waals surface area contributed by atoms with Crippen LogP contribution in [-0.4, -0.2) is 19.0 Å². The summed E-state index contributed by atoms with van der Waals surface area (Å²) in [6.45, 7) is 6.71. The molecule has 102 valence electrons. The number of nitrogens with zero attached hydrogens (tertiary/aromatic N) is 1. The van der Waals surface area contributed by atoms with E-state index in [0.29, 0.717) is 0 Å². The first-order valence-corrected chi connectivity index (χ1v) is 5.65. The molecule has 0 radical (unpaired) electrons. The molecular formula is C13H16N2O4. The summed E-state index contributed by atoms with van der Waals surface area (Å²) < 4.78 is 9.85. The average molecular weight is 264 g/mol. The molecule has 0 aliphatic carbocycles. The number of furan rings is 1. The largest absolute Gasteiger partial charge is 0.465 e. The summed E-state index contributed by atoms with van der Waals surface area (Å²) in [5.41, 5.74) is -0.630. The normalized spacial score (nSPS) is 10.7. The van der Waals surface area contributed by atoms with Gasteiger partial charge < -0.3 is 9.15 Å². The molecule has 1 N–H and O–H groups in total. The molecule has 1 heterocycles. The van der Waals surface area contributed by atoms with Crippen LogP contribution in [0.2, 0.25) is 0 Å². The smallest absolute Gasteiger partial charge is 0.342 e. The number of aryl methyl sites for hydroxylation is 1. The number of esters is 1. The lowest BCUT2D eigenvalue weighted by molar-refractivity contribution is -0.123. The molecule has 0 saturated carbocycles. The van der Waals surface area contributed by atoms with Crippen LogP contribution in [0.4, 0.5) is 5.88 Å². The molecule has 0 atom stereocenters. The van der Waals surface area contributed by atoms with Crippen LogP contribution in [0.5, 0.6) is 0 Å². The van der Waals surface area contributed by atoms with E-state index < -0.39 is 11.4 Å². The van der Waals surface area contributed by atoms with Crippen LogP contribution in [0.1, 0.15) is 42.5 Å².